The highest BCUT2D eigenvalue weighted by molar-refractivity contribution is 5.65. The molecule has 2 bridgehead atoms. The smallest absolute Gasteiger partial charge is 0.142 e. The largest absolute Gasteiger partial charge is 0.299 e. The highest BCUT2D eigenvalue weighted by atomic mass is 16.1. The summed E-state index contributed by atoms with van der Waals surface area (Å²) < 4.78 is 0. The Bertz CT molecular complexity index is 311. The van der Waals surface area contributed by atoms with Crippen LogP contribution in [0.2, 0.25) is 0 Å². The summed E-state index contributed by atoms with van der Waals surface area (Å²) in [5.74, 6) is 1.10. The minimum Gasteiger partial charge on any atom is -0.299 e. The van der Waals surface area contributed by atoms with Gasteiger partial charge in [0.2, 0.25) is 0 Å². The van der Waals surface area contributed by atoms with Crippen molar-refractivity contribution >= 4 is 6.29 Å². The van der Waals surface area contributed by atoms with Crippen molar-refractivity contribution in [3.8, 4) is 0 Å². The van der Waals surface area contributed by atoms with Crippen molar-refractivity contribution in [2.24, 2.45) is 17.3 Å². The Morgan fingerprint density at radius 3 is 2.92 bits per heavy atom. The molecule has 0 heterocycles. The second-order valence-electron chi connectivity index (χ2n) is 4.14. The Morgan fingerprint density at radius 1 is 1.62 bits per heavy atom. The van der Waals surface area contributed by atoms with Crippen molar-refractivity contribution in [1.29, 1.82) is 0 Å². The number of allylic oxidation sites excluding steroid dienone is 5. The number of rotatable bonds is 2. The van der Waals surface area contributed by atoms with E-state index in [1.54, 1.807) is 6.08 Å². The number of carbonyl (C=O) groups is 1. The standard InChI is InChI=1S/C12H14O/c1-9-10-4-5-11(8-10)12(9,2)6-3-7-13/h3-7,10-11H,1,8H2,2H3/b6-3+/t10-,11+,12+/m0/s1. The number of hydrogen-bond donors (Lipinski definition) is 0. The topological polar surface area (TPSA) is 17.1 Å². The number of hydrogen-bond acceptors (Lipinski definition) is 1. The lowest BCUT2D eigenvalue weighted by atomic mass is 9.74. The molecule has 0 unspecified atom stereocenters. The SMILES string of the molecule is C=C1[C@H]2C=C[C@H](C2)[C@]1(C)/C=C/C=O. The van der Waals surface area contributed by atoms with Crippen LogP contribution in [0, 0.1) is 17.3 Å². The zero-order valence-corrected chi connectivity index (χ0v) is 7.86. The van der Waals surface area contributed by atoms with E-state index in [-0.39, 0.29) is 5.41 Å². The third kappa shape index (κ3) is 1.03. The van der Waals surface area contributed by atoms with Gasteiger partial charge in [0.25, 0.3) is 0 Å². The molecule has 0 aromatic rings. The molecule has 2 aliphatic rings. The highest BCUT2D eigenvalue weighted by Gasteiger charge is 2.46. The summed E-state index contributed by atoms with van der Waals surface area (Å²) in [5.41, 5.74) is 1.29. The number of aldehydes is 1. The first-order valence-corrected chi connectivity index (χ1v) is 4.69. The van der Waals surface area contributed by atoms with E-state index in [9.17, 15) is 4.79 Å². The maximum absolute atomic E-state index is 10.3. The second-order valence-corrected chi connectivity index (χ2v) is 4.14. The molecule has 68 valence electrons. The normalized spacial score (nSPS) is 42.1. The monoisotopic (exact) mass is 174 g/mol. The van der Waals surface area contributed by atoms with E-state index in [0.29, 0.717) is 11.8 Å². The Kier molecular flexibility index (Phi) is 1.76. The molecule has 0 spiro atoms. The molecule has 0 saturated heterocycles. The summed E-state index contributed by atoms with van der Waals surface area (Å²) in [5, 5.41) is 0. The lowest BCUT2D eigenvalue weighted by molar-refractivity contribution is -0.104. The molecule has 2 rings (SSSR count). The second kappa shape index (κ2) is 2.69. The Labute approximate surface area is 78.8 Å². The maximum atomic E-state index is 10.3. The van der Waals surface area contributed by atoms with Gasteiger partial charge in [-0.3, -0.25) is 4.79 Å². The molecule has 3 atom stereocenters. The average Bonchev–Trinajstić information content (AvgIpc) is 2.68. The summed E-state index contributed by atoms with van der Waals surface area (Å²) in [4.78, 5) is 10.3. The molecule has 1 fully saturated rings. The van der Waals surface area contributed by atoms with Crippen LogP contribution in [0.25, 0.3) is 0 Å². The third-order valence-corrected chi connectivity index (χ3v) is 3.51. The maximum Gasteiger partial charge on any atom is 0.142 e. The average molecular weight is 174 g/mol. The van der Waals surface area contributed by atoms with Crippen LogP contribution >= 0.6 is 0 Å². The van der Waals surface area contributed by atoms with Crippen LogP contribution < -0.4 is 0 Å². The van der Waals surface area contributed by atoms with E-state index in [1.807, 2.05) is 6.08 Å². The van der Waals surface area contributed by atoms with E-state index in [0.717, 1.165) is 6.29 Å². The molecule has 1 saturated carbocycles. The number of fused-ring (bicyclic) bond motifs is 2. The summed E-state index contributed by atoms with van der Waals surface area (Å²) in [7, 11) is 0. The Balaban J connectivity index is 2.33. The minimum atomic E-state index is 0.0281. The molecule has 1 heteroatoms. The van der Waals surface area contributed by atoms with E-state index in [4.69, 9.17) is 0 Å². The van der Waals surface area contributed by atoms with Crippen LogP contribution in [-0.2, 0) is 4.79 Å². The molecule has 13 heavy (non-hydrogen) atoms. The van der Waals surface area contributed by atoms with E-state index < -0.39 is 0 Å². The van der Waals surface area contributed by atoms with Crippen molar-refractivity contribution in [1.82, 2.24) is 0 Å². The predicted octanol–water partition coefficient (Wildman–Crippen LogP) is 2.51. The molecule has 1 nitrogen and oxygen atoms in total. The Hall–Kier alpha value is -1.11. The van der Waals surface area contributed by atoms with Crippen molar-refractivity contribution in [2.45, 2.75) is 13.3 Å². The molecule has 0 amide bonds. The fraction of sp³-hybridized carbons (Fsp3) is 0.417. The van der Waals surface area contributed by atoms with Gasteiger partial charge in [0, 0.05) is 5.41 Å². The summed E-state index contributed by atoms with van der Waals surface area (Å²) in [6.07, 6.45) is 10.1. The van der Waals surface area contributed by atoms with Gasteiger partial charge in [0.05, 0.1) is 0 Å². The predicted molar refractivity (Wildman–Crippen MR) is 53.2 cm³/mol. The van der Waals surface area contributed by atoms with Crippen LogP contribution in [0.4, 0.5) is 0 Å². The quantitative estimate of drug-likeness (QED) is 0.357. The highest BCUT2D eigenvalue weighted by Crippen LogP contribution is 2.55. The van der Waals surface area contributed by atoms with Crippen molar-refractivity contribution in [2.75, 3.05) is 0 Å². The molecule has 0 N–H and O–H groups in total. The Morgan fingerprint density at radius 2 is 2.38 bits per heavy atom. The molecule has 0 aliphatic heterocycles. The summed E-state index contributed by atoms with van der Waals surface area (Å²) >= 11 is 0. The van der Waals surface area contributed by atoms with Gasteiger partial charge in [-0.1, -0.05) is 37.3 Å². The van der Waals surface area contributed by atoms with E-state index in [1.165, 1.54) is 12.0 Å². The zero-order chi connectivity index (χ0) is 9.47. The van der Waals surface area contributed by atoms with Crippen LogP contribution in [-0.4, -0.2) is 6.29 Å². The van der Waals surface area contributed by atoms with E-state index >= 15 is 0 Å². The van der Waals surface area contributed by atoms with Gasteiger partial charge in [-0.25, -0.2) is 0 Å². The molecule has 0 aromatic heterocycles. The minimum absolute atomic E-state index is 0.0281. The van der Waals surface area contributed by atoms with Crippen LogP contribution in [0.5, 0.6) is 0 Å². The van der Waals surface area contributed by atoms with Gasteiger partial charge in [-0.15, -0.1) is 0 Å². The first kappa shape index (κ1) is 8.49. The van der Waals surface area contributed by atoms with Gasteiger partial charge in [-0.05, 0) is 24.3 Å². The molecule has 0 radical (unpaired) electrons. The van der Waals surface area contributed by atoms with Crippen LogP contribution in [0.3, 0.4) is 0 Å². The van der Waals surface area contributed by atoms with E-state index in [2.05, 4.69) is 25.7 Å². The molecule has 0 aromatic carbocycles. The lowest BCUT2D eigenvalue weighted by Crippen LogP contribution is -2.21. The van der Waals surface area contributed by atoms with Crippen molar-refractivity contribution < 1.29 is 4.79 Å². The van der Waals surface area contributed by atoms with Crippen LogP contribution in [0.15, 0.2) is 36.5 Å². The van der Waals surface area contributed by atoms with Crippen LogP contribution in [0.1, 0.15) is 13.3 Å². The first-order chi connectivity index (χ1) is 6.18. The van der Waals surface area contributed by atoms with Crippen molar-refractivity contribution in [3.63, 3.8) is 0 Å². The third-order valence-electron chi connectivity index (χ3n) is 3.51. The number of carbonyl (C=O) groups excluding carboxylic acids is 1. The van der Waals surface area contributed by atoms with Crippen molar-refractivity contribution in [3.05, 3.63) is 36.5 Å². The van der Waals surface area contributed by atoms with Gasteiger partial charge < -0.3 is 0 Å². The molecular weight excluding hydrogens is 160 g/mol. The fourth-order valence-electron chi connectivity index (χ4n) is 2.51. The zero-order valence-electron chi connectivity index (χ0n) is 7.86. The summed E-state index contributed by atoms with van der Waals surface area (Å²) in [6.45, 7) is 6.29. The molecular formula is C12H14O. The van der Waals surface area contributed by atoms with Gasteiger partial charge in [-0.2, -0.15) is 0 Å². The fourth-order valence-corrected chi connectivity index (χ4v) is 2.51. The van der Waals surface area contributed by atoms with Gasteiger partial charge >= 0.3 is 0 Å². The van der Waals surface area contributed by atoms with Gasteiger partial charge in [0.15, 0.2) is 0 Å². The molecule has 2 aliphatic carbocycles. The van der Waals surface area contributed by atoms with Gasteiger partial charge in [0.1, 0.15) is 6.29 Å². The first-order valence-electron chi connectivity index (χ1n) is 4.69. The lowest BCUT2D eigenvalue weighted by Gasteiger charge is -2.29. The summed E-state index contributed by atoms with van der Waals surface area (Å²) in [6, 6.07) is 0.